The highest BCUT2D eigenvalue weighted by Gasteiger charge is 2.35. The van der Waals surface area contributed by atoms with Gasteiger partial charge in [0.1, 0.15) is 6.26 Å². The highest BCUT2D eigenvalue weighted by molar-refractivity contribution is 9.10. The average Bonchev–Trinajstić information content (AvgIpc) is 2.76. The van der Waals surface area contributed by atoms with E-state index in [-0.39, 0.29) is 18.0 Å². The molecule has 0 amide bonds. The number of oxazole rings is 1. The van der Waals surface area contributed by atoms with Crippen molar-refractivity contribution >= 4 is 15.9 Å². The summed E-state index contributed by atoms with van der Waals surface area (Å²) in [6, 6.07) is 3.79. The van der Waals surface area contributed by atoms with Crippen LogP contribution >= 0.6 is 15.9 Å². The molecule has 18 heavy (non-hydrogen) atoms. The predicted molar refractivity (Wildman–Crippen MR) is 62.5 cm³/mol. The molecule has 2 rings (SSSR count). The van der Waals surface area contributed by atoms with Crippen molar-refractivity contribution in [3.63, 3.8) is 0 Å². The molecule has 0 fully saturated rings. The van der Waals surface area contributed by atoms with Gasteiger partial charge in [0, 0.05) is 16.6 Å². The maximum absolute atomic E-state index is 12.9. The van der Waals surface area contributed by atoms with Crippen LogP contribution in [0.4, 0.5) is 13.2 Å². The lowest BCUT2D eigenvalue weighted by atomic mass is 10.1. The van der Waals surface area contributed by atoms with Gasteiger partial charge in [-0.25, -0.2) is 4.98 Å². The quantitative estimate of drug-likeness (QED) is 0.920. The first kappa shape index (κ1) is 13.1. The monoisotopic (exact) mass is 320 g/mol. The average molecular weight is 321 g/mol. The lowest BCUT2D eigenvalue weighted by Crippen LogP contribution is -2.07. The van der Waals surface area contributed by atoms with E-state index in [0.29, 0.717) is 10.2 Å². The third-order valence-corrected chi connectivity index (χ3v) is 2.77. The van der Waals surface area contributed by atoms with Crippen molar-refractivity contribution < 1.29 is 17.6 Å². The number of hydrogen-bond acceptors (Lipinski definition) is 3. The molecule has 0 bridgehead atoms. The van der Waals surface area contributed by atoms with Crippen LogP contribution in [0.25, 0.3) is 11.5 Å². The van der Waals surface area contributed by atoms with Crippen LogP contribution in [-0.2, 0) is 12.7 Å². The molecular weight excluding hydrogens is 313 g/mol. The minimum atomic E-state index is -4.48. The summed E-state index contributed by atoms with van der Waals surface area (Å²) in [6.07, 6.45) is -3.23. The van der Waals surface area contributed by atoms with Crippen molar-refractivity contribution in [1.82, 2.24) is 4.98 Å². The van der Waals surface area contributed by atoms with Gasteiger partial charge in [-0.15, -0.1) is 0 Å². The minimum absolute atomic E-state index is 0.0877. The number of halogens is 4. The van der Waals surface area contributed by atoms with Crippen molar-refractivity contribution in [3.8, 4) is 11.5 Å². The summed E-state index contributed by atoms with van der Waals surface area (Å²) in [7, 11) is 0. The van der Waals surface area contributed by atoms with E-state index < -0.39 is 11.7 Å². The highest BCUT2D eigenvalue weighted by Crippen LogP contribution is 2.38. The Morgan fingerprint density at radius 3 is 2.61 bits per heavy atom. The Labute approximate surface area is 109 Å². The van der Waals surface area contributed by atoms with Gasteiger partial charge in [-0.1, -0.05) is 15.9 Å². The van der Waals surface area contributed by atoms with Crippen LogP contribution < -0.4 is 5.73 Å². The number of benzene rings is 1. The molecule has 2 N–H and O–H groups in total. The molecule has 0 aliphatic heterocycles. The molecule has 7 heteroatoms. The summed E-state index contributed by atoms with van der Waals surface area (Å²) >= 11 is 3.01. The van der Waals surface area contributed by atoms with E-state index in [2.05, 4.69) is 20.9 Å². The summed E-state index contributed by atoms with van der Waals surface area (Å²) in [5, 5.41) is 0. The molecule has 0 saturated heterocycles. The maximum atomic E-state index is 12.9. The lowest BCUT2D eigenvalue weighted by molar-refractivity contribution is -0.137. The van der Waals surface area contributed by atoms with E-state index in [1.54, 1.807) is 0 Å². The first-order valence-electron chi connectivity index (χ1n) is 4.93. The summed E-state index contributed by atoms with van der Waals surface area (Å²) in [4.78, 5) is 3.90. The molecule has 0 aliphatic rings. The second-order valence-corrected chi connectivity index (χ2v) is 4.45. The van der Waals surface area contributed by atoms with E-state index in [9.17, 15) is 13.2 Å². The Bertz CT molecular complexity index is 566. The summed E-state index contributed by atoms with van der Waals surface area (Å²) in [5.74, 6) is -0.0877. The van der Waals surface area contributed by atoms with E-state index >= 15 is 0 Å². The molecule has 0 spiro atoms. The summed E-state index contributed by atoms with van der Waals surface area (Å²) in [5.41, 5.74) is 4.83. The van der Waals surface area contributed by atoms with Crippen LogP contribution in [0.15, 0.2) is 33.4 Å². The fourth-order valence-electron chi connectivity index (χ4n) is 1.46. The SMILES string of the molecule is NCc1coc(-c2ccc(Br)cc2C(F)(F)F)n1. The zero-order valence-electron chi connectivity index (χ0n) is 8.96. The number of aromatic nitrogens is 1. The van der Waals surface area contributed by atoms with Crippen LogP contribution in [-0.4, -0.2) is 4.98 Å². The van der Waals surface area contributed by atoms with Gasteiger partial charge in [-0.05, 0) is 18.2 Å². The second-order valence-electron chi connectivity index (χ2n) is 3.54. The predicted octanol–water partition coefficient (Wildman–Crippen LogP) is 3.58. The molecule has 1 heterocycles. The van der Waals surface area contributed by atoms with Gasteiger partial charge in [-0.3, -0.25) is 0 Å². The Morgan fingerprint density at radius 2 is 2.06 bits per heavy atom. The van der Waals surface area contributed by atoms with E-state index in [1.807, 2.05) is 0 Å². The molecule has 2 aromatic rings. The molecule has 0 unspecified atom stereocenters. The Kier molecular flexibility index (Phi) is 3.45. The Balaban J connectivity index is 2.56. The molecule has 1 aromatic carbocycles. The molecule has 0 radical (unpaired) electrons. The molecule has 0 saturated carbocycles. The number of alkyl halides is 3. The maximum Gasteiger partial charge on any atom is 0.417 e. The molecule has 1 aromatic heterocycles. The first-order chi connectivity index (χ1) is 8.41. The summed E-state index contributed by atoms with van der Waals surface area (Å²) in [6.45, 7) is 0.112. The van der Waals surface area contributed by atoms with Gasteiger partial charge in [-0.2, -0.15) is 13.2 Å². The van der Waals surface area contributed by atoms with E-state index in [4.69, 9.17) is 10.2 Å². The topological polar surface area (TPSA) is 52.0 Å². The fourth-order valence-corrected chi connectivity index (χ4v) is 1.82. The standard InChI is InChI=1S/C11H8BrF3N2O/c12-6-1-2-8(9(3-6)11(13,14)15)10-17-7(4-16)5-18-10/h1-3,5H,4,16H2. The summed E-state index contributed by atoms with van der Waals surface area (Å²) < 4.78 is 44.0. The van der Waals surface area contributed by atoms with Crippen molar-refractivity contribution in [3.05, 3.63) is 40.2 Å². The van der Waals surface area contributed by atoms with Crippen LogP contribution in [0.3, 0.4) is 0 Å². The Morgan fingerprint density at radius 1 is 1.33 bits per heavy atom. The van der Waals surface area contributed by atoms with Gasteiger partial charge in [0.2, 0.25) is 5.89 Å². The minimum Gasteiger partial charge on any atom is -0.444 e. The van der Waals surface area contributed by atoms with Gasteiger partial charge in [0.25, 0.3) is 0 Å². The van der Waals surface area contributed by atoms with Crippen molar-refractivity contribution in [2.75, 3.05) is 0 Å². The highest BCUT2D eigenvalue weighted by atomic mass is 79.9. The van der Waals surface area contributed by atoms with Crippen LogP contribution in [0.5, 0.6) is 0 Å². The Hall–Kier alpha value is -1.34. The fraction of sp³-hybridized carbons (Fsp3) is 0.182. The molecule has 0 atom stereocenters. The van der Waals surface area contributed by atoms with Gasteiger partial charge in [0.05, 0.1) is 11.3 Å². The van der Waals surface area contributed by atoms with Crippen LogP contribution in [0, 0.1) is 0 Å². The molecule has 3 nitrogen and oxygen atoms in total. The zero-order valence-corrected chi connectivity index (χ0v) is 10.5. The van der Waals surface area contributed by atoms with Crippen molar-refractivity contribution in [1.29, 1.82) is 0 Å². The van der Waals surface area contributed by atoms with Crippen molar-refractivity contribution in [2.24, 2.45) is 5.73 Å². The van der Waals surface area contributed by atoms with E-state index in [1.165, 1.54) is 18.4 Å². The second kappa shape index (κ2) is 4.74. The third-order valence-electron chi connectivity index (χ3n) is 2.28. The number of nitrogens with two attached hydrogens (primary N) is 1. The lowest BCUT2D eigenvalue weighted by Gasteiger charge is -2.10. The molecule has 96 valence electrons. The smallest absolute Gasteiger partial charge is 0.417 e. The van der Waals surface area contributed by atoms with E-state index in [0.717, 1.165) is 6.07 Å². The van der Waals surface area contributed by atoms with Gasteiger partial charge in [0.15, 0.2) is 0 Å². The third kappa shape index (κ3) is 2.56. The number of hydrogen-bond donors (Lipinski definition) is 1. The van der Waals surface area contributed by atoms with Gasteiger partial charge >= 0.3 is 6.18 Å². The molecular formula is C11H8BrF3N2O. The van der Waals surface area contributed by atoms with Crippen LogP contribution in [0.1, 0.15) is 11.3 Å². The zero-order chi connectivity index (χ0) is 13.3. The van der Waals surface area contributed by atoms with Gasteiger partial charge < -0.3 is 10.2 Å². The van der Waals surface area contributed by atoms with Crippen LogP contribution in [0.2, 0.25) is 0 Å². The first-order valence-corrected chi connectivity index (χ1v) is 5.72. The number of rotatable bonds is 2. The normalized spacial score (nSPS) is 11.8. The largest absolute Gasteiger partial charge is 0.444 e. The van der Waals surface area contributed by atoms with Crippen molar-refractivity contribution in [2.45, 2.75) is 12.7 Å². The molecule has 0 aliphatic carbocycles. The number of nitrogens with zero attached hydrogens (tertiary/aromatic N) is 1.